The lowest BCUT2D eigenvalue weighted by molar-refractivity contribution is 0.615. The van der Waals surface area contributed by atoms with Gasteiger partial charge < -0.3 is 15.2 Å². The van der Waals surface area contributed by atoms with Gasteiger partial charge in [0.05, 0.1) is 12.0 Å². The van der Waals surface area contributed by atoms with Crippen molar-refractivity contribution >= 4 is 5.96 Å². The third-order valence-corrected chi connectivity index (χ3v) is 3.02. The third kappa shape index (κ3) is 4.05. The molecule has 0 amide bonds. The Balaban J connectivity index is 2.00. The highest BCUT2D eigenvalue weighted by molar-refractivity contribution is 5.79. The van der Waals surface area contributed by atoms with Gasteiger partial charge in [0.2, 0.25) is 0 Å². The van der Waals surface area contributed by atoms with Crippen molar-refractivity contribution in [3.05, 3.63) is 48.3 Å². The predicted octanol–water partition coefficient (Wildman–Crippen LogP) is 2.09. The van der Waals surface area contributed by atoms with Crippen LogP contribution in [0.4, 0.5) is 4.39 Å². The molecule has 1 heterocycles. The van der Waals surface area contributed by atoms with E-state index in [4.69, 9.17) is 0 Å². The summed E-state index contributed by atoms with van der Waals surface area (Å²) < 4.78 is 15.7. The maximum atomic E-state index is 14.1. The zero-order chi connectivity index (χ0) is 15.1. The zero-order valence-corrected chi connectivity index (χ0v) is 12.3. The van der Waals surface area contributed by atoms with E-state index in [0.717, 1.165) is 24.5 Å². The number of guanidine groups is 1. The number of aromatic nitrogens is 2. The molecule has 0 fully saturated rings. The van der Waals surface area contributed by atoms with Gasteiger partial charge in [-0.2, -0.15) is 0 Å². The van der Waals surface area contributed by atoms with E-state index in [1.54, 1.807) is 36.4 Å². The molecule has 2 N–H and O–H groups in total. The van der Waals surface area contributed by atoms with E-state index in [2.05, 4.69) is 27.5 Å². The molecule has 21 heavy (non-hydrogen) atoms. The lowest BCUT2D eigenvalue weighted by atomic mass is 10.2. The molecule has 0 aliphatic heterocycles. The fourth-order valence-corrected chi connectivity index (χ4v) is 1.92. The quantitative estimate of drug-likeness (QED) is 0.654. The molecule has 1 aromatic heterocycles. The molecule has 112 valence electrons. The van der Waals surface area contributed by atoms with Gasteiger partial charge in [0, 0.05) is 32.5 Å². The standard InChI is InChI=1S/C15H20FN5/c1-3-6-19-15(17-2)20-10-12-4-5-14(13(16)9-12)21-8-7-18-11-21/h4-5,7-9,11H,3,6,10H2,1-2H3,(H2,17,19,20). The largest absolute Gasteiger partial charge is 0.356 e. The van der Waals surface area contributed by atoms with Gasteiger partial charge in [-0.05, 0) is 24.1 Å². The summed E-state index contributed by atoms with van der Waals surface area (Å²) in [6, 6.07) is 5.16. The van der Waals surface area contributed by atoms with Crippen molar-refractivity contribution in [2.75, 3.05) is 13.6 Å². The van der Waals surface area contributed by atoms with Gasteiger partial charge in [-0.1, -0.05) is 13.0 Å². The second-order valence-electron chi connectivity index (χ2n) is 4.61. The molecule has 1 aromatic carbocycles. The van der Waals surface area contributed by atoms with Crippen LogP contribution in [0.3, 0.4) is 0 Å². The Morgan fingerprint density at radius 1 is 1.38 bits per heavy atom. The molecule has 0 bridgehead atoms. The molecule has 0 aliphatic rings. The van der Waals surface area contributed by atoms with Crippen molar-refractivity contribution in [2.24, 2.45) is 4.99 Å². The van der Waals surface area contributed by atoms with Crippen LogP contribution in [-0.4, -0.2) is 29.1 Å². The summed E-state index contributed by atoms with van der Waals surface area (Å²) in [5, 5.41) is 6.33. The number of imidazole rings is 1. The van der Waals surface area contributed by atoms with Crippen LogP contribution in [-0.2, 0) is 6.54 Å². The lowest BCUT2D eigenvalue weighted by Gasteiger charge is -2.12. The monoisotopic (exact) mass is 289 g/mol. The molecule has 2 aromatic rings. The predicted molar refractivity (Wildman–Crippen MR) is 82.0 cm³/mol. The van der Waals surface area contributed by atoms with Crippen LogP contribution in [0.15, 0.2) is 41.9 Å². The minimum Gasteiger partial charge on any atom is -0.356 e. The third-order valence-electron chi connectivity index (χ3n) is 3.02. The topological polar surface area (TPSA) is 54.2 Å². The van der Waals surface area contributed by atoms with Gasteiger partial charge in [0.1, 0.15) is 5.82 Å². The van der Waals surface area contributed by atoms with Gasteiger partial charge in [-0.25, -0.2) is 9.37 Å². The molecule has 0 spiro atoms. The fourth-order valence-electron chi connectivity index (χ4n) is 1.92. The molecular formula is C15H20FN5. The summed E-state index contributed by atoms with van der Waals surface area (Å²) in [6.07, 6.45) is 5.94. The van der Waals surface area contributed by atoms with Crippen LogP contribution < -0.4 is 10.6 Å². The van der Waals surface area contributed by atoms with Crippen LogP contribution in [0.5, 0.6) is 0 Å². The molecule has 6 heteroatoms. The van der Waals surface area contributed by atoms with Crippen LogP contribution in [0, 0.1) is 5.82 Å². The summed E-state index contributed by atoms with van der Waals surface area (Å²) in [6.45, 7) is 3.46. The second kappa shape index (κ2) is 7.42. The Kier molecular flexibility index (Phi) is 5.31. The Bertz CT molecular complexity index is 592. The maximum absolute atomic E-state index is 14.1. The summed E-state index contributed by atoms with van der Waals surface area (Å²) in [4.78, 5) is 8.03. The molecule has 2 rings (SSSR count). The highest BCUT2D eigenvalue weighted by Crippen LogP contribution is 2.14. The van der Waals surface area contributed by atoms with Crippen LogP contribution in [0.25, 0.3) is 5.69 Å². The van der Waals surface area contributed by atoms with Gasteiger partial charge in [-0.15, -0.1) is 0 Å². The Labute approximate surface area is 123 Å². The molecule has 0 atom stereocenters. The van der Waals surface area contributed by atoms with E-state index < -0.39 is 0 Å². The summed E-state index contributed by atoms with van der Waals surface area (Å²) in [7, 11) is 1.72. The number of aliphatic imine (C=N–C) groups is 1. The zero-order valence-electron chi connectivity index (χ0n) is 12.3. The van der Waals surface area contributed by atoms with Crippen molar-refractivity contribution in [3.8, 4) is 5.69 Å². The molecule has 0 saturated carbocycles. The normalized spacial score (nSPS) is 11.5. The molecule has 0 saturated heterocycles. The van der Waals surface area contributed by atoms with Crippen molar-refractivity contribution in [3.63, 3.8) is 0 Å². The number of hydrogen-bond donors (Lipinski definition) is 2. The molecule has 0 unspecified atom stereocenters. The molecule has 0 radical (unpaired) electrons. The van der Waals surface area contributed by atoms with Gasteiger partial charge >= 0.3 is 0 Å². The highest BCUT2D eigenvalue weighted by atomic mass is 19.1. The number of nitrogens with zero attached hydrogens (tertiary/aromatic N) is 3. The minimum atomic E-state index is -0.274. The van der Waals surface area contributed by atoms with E-state index in [0.29, 0.717) is 12.2 Å². The van der Waals surface area contributed by atoms with Gasteiger partial charge in [0.25, 0.3) is 0 Å². The number of hydrogen-bond acceptors (Lipinski definition) is 2. The smallest absolute Gasteiger partial charge is 0.191 e. The van der Waals surface area contributed by atoms with E-state index in [9.17, 15) is 4.39 Å². The SMILES string of the molecule is CCCNC(=NC)NCc1ccc(-n2ccnc2)c(F)c1. The lowest BCUT2D eigenvalue weighted by Crippen LogP contribution is -2.37. The van der Waals surface area contributed by atoms with E-state index >= 15 is 0 Å². The summed E-state index contributed by atoms with van der Waals surface area (Å²) in [5.41, 5.74) is 1.35. The second-order valence-corrected chi connectivity index (χ2v) is 4.61. The average Bonchev–Trinajstić information content (AvgIpc) is 3.01. The van der Waals surface area contributed by atoms with Gasteiger partial charge in [-0.3, -0.25) is 4.99 Å². The van der Waals surface area contributed by atoms with E-state index in [1.807, 2.05) is 6.07 Å². The Morgan fingerprint density at radius 2 is 2.24 bits per heavy atom. The number of rotatable bonds is 5. The number of nitrogens with one attached hydrogen (secondary N) is 2. The summed E-state index contributed by atoms with van der Waals surface area (Å²) in [5.74, 6) is 0.444. The fraction of sp³-hybridized carbons (Fsp3) is 0.333. The minimum absolute atomic E-state index is 0.274. The Hall–Kier alpha value is -2.37. The van der Waals surface area contributed by atoms with Crippen molar-refractivity contribution < 1.29 is 4.39 Å². The van der Waals surface area contributed by atoms with Crippen LogP contribution in [0.1, 0.15) is 18.9 Å². The van der Waals surface area contributed by atoms with Crippen LogP contribution >= 0.6 is 0 Å². The first-order chi connectivity index (χ1) is 10.2. The molecule has 0 aliphatic carbocycles. The first kappa shape index (κ1) is 15.0. The number of benzene rings is 1. The van der Waals surface area contributed by atoms with E-state index in [-0.39, 0.29) is 5.82 Å². The molecular weight excluding hydrogens is 269 g/mol. The van der Waals surface area contributed by atoms with Crippen LogP contribution in [0.2, 0.25) is 0 Å². The van der Waals surface area contributed by atoms with Crippen molar-refractivity contribution in [1.29, 1.82) is 0 Å². The highest BCUT2D eigenvalue weighted by Gasteiger charge is 2.06. The van der Waals surface area contributed by atoms with Gasteiger partial charge in [0.15, 0.2) is 5.96 Å². The maximum Gasteiger partial charge on any atom is 0.191 e. The average molecular weight is 289 g/mol. The van der Waals surface area contributed by atoms with Crippen molar-refractivity contribution in [1.82, 2.24) is 20.2 Å². The van der Waals surface area contributed by atoms with Crippen molar-refractivity contribution in [2.45, 2.75) is 19.9 Å². The van der Waals surface area contributed by atoms with E-state index in [1.165, 1.54) is 6.07 Å². The molecule has 5 nitrogen and oxygen atoms in total. The Morgan fingerprint density at radius 3 is 2.86 bits per heavy atom. The number of halogens is 1. The first-order valence-corrected chi connectivity index (χ1v) is 6.96. The summed E-state index contributed by atoms with van der Waals surface area (Å²) >= 11 is 0. The first-order valence-electron chi connectivity index (χ1n) is 6.96.